The van der Waals surface area contributed by atoms with Gasteiger partial charge in [-0.15, -0.1) is 0 Å². The number of hydrogen-bond acceptors (Lipinski definition) is 12. The summed E-state index contributed by atoms with van der Waals surface area (Å²) in [6.45, 7) is 30.4. The molecule has 84 heavy (non-hydrogen) atoms. The van der Waals surface area contributed by atoms with Crippen LogP contribution >= 0.6 is 0 Å². The Kier molecular flexibility index (Phi) is 14.6. The minimum absolute atomic E-state index is 0.0177. The van der Waals surface area contributed by atoms with Crippen LogP contribution in [-0.4, -0.2) is 69.4 Å². The Morgan fingerprint density at radius 2 is 0.929 bits per heavy atom. The van der Waals surface area contributed by atoms with E-state index in [2.05, 4.69) is 126 Å². The number of rotatable bonds is 15. The fourth-order valence-corrected chi connectivity index (χ4v) is 14.2. The third kappa shape index (κ3) is 9.42. The van der Waals surface area contributed by atoms with Crippen molar-refractivity contribution in [2.45, 2.75) is 133 Å². The van der Waals surface area contributed by atoms with Gasteiger partial charge in [0.1, 0.15) is 11.5 Å². The number of unbranched alkanes of at least 4 members (excludes halogenated alkanes) is 1. The Morgan fingerprint density at radius 1 is 0.548 bits per heavy atom. The summed E-state index contributed by atoms with van der Waals surface area (Å²) in [7, 11) is 0. The fourth-order valence-electron chi connectivity index (χ4n) is 14.2. The number of hydrogen-bond donors (Lipinski definition) is 6. The molecule has 0 aromatic heterocycles. The maximum atomic E-state index is 13.7. The van der Waals surface area contributed by atoms with Crippen molar-refractivity contribution in [1.82, 2.24) is 21.3 Å². The van der Waals surface area contributed by atoms with Gasteiger partial charge in [0.2, 0.25) is 11.8 Å². The van der Waals surface area contributed by atoms with E-state index in [0.29, 0.717) is 76.0 Å². The van der Waals surface area contributed by atoms with Crippen molar-refractivity contribution < 1.29 is 19.8 Å². The largest absolute Gasteiger partial charge is 0.511 e. The summed E-state index contributed by atoms with van der Waals surface area (Å²) in [5, 5.41) is 37.1. The summed E-state index contributed by atoms with van der Waals surface area (Å²) >= 11 is 0. The molecule has 2 aliphatic carbocycles. The van der Waals surface area contributed by atoms with Crippen LogP contribution in [0.2, 0.25) is 0 Å². The molecule has 0 aromatic rings. The summed E-state index contributed by atoms with van der Waals surface area (Å²) < 4.78 is 0. The zero-order valence-electron chi connectivity index (χ0n) is 50.2. The number of aliphatic hydroxyl groups is 2. The molecule has 10 aliphatic heterocycles. The highest BCUT2D eigenvalue weighted by molar-refractivity contribution is 6.23. The van der Waals surface area contributed by atoms with Crippen LogP contribution < -0.4 is 21.3 Å². The first-order valence-corrected chi connectivity index (χ1v) is 30.1. The van der Waals surface area contributed by atoms with E-state index in [1.54, 1.807) is 0 Å². The van der Waals surface area contributed by atoms with Crippen LogP contribution in [0.25, 0.3) is 0 Å². The Morgan fingerprint density at radius 3 is 1.31 bits per heavy atom. The lowest BCUT2D eigenvalue weighted by atomic mass is 9.86. The Labute approximate surface area is 493 Å². The SMILES string of the molecule is C=CC1=C(C)C2=NC1=CC1=NC(=CC3=C(C)C4=C(O)CC(=C5NC(=C2)[C@@H](C)[C@@H]5CCC(=O)NCCCCNC(=O)CC[C@@H]2C5=C6CC(O)=C7C6=NC(=C7C)C=C6N=C(C=C7N=C(C=C(N5)[C@H]2C)C(C)=C7C=C)C(C)=C6CC)C4=N3)C(CC)=C1C. The molecular formula is C70H76N10O4. The third-order valence-corrected chi connectivity index (χ3v) is 19.2. The van der Waals surface area contributed by atoms with Gasteiger partial charge in [0.15, 0.2) is 0 Å². The van der Waals surface area contributed by atoms with Crippen molar-refractivity contribution in [1.29, 1.82) is 0 Å². The number of aliphatic imine (C=N–C) groups is 6. The molecule has 0 aromatic carbocycles. The van der Waals surface area contributed by atoms with Crippen molar-refractivity contribution in [3.8, 4) is 0 Å². The maximum Gasteiger partial charge on any atom is 0.220 e. The summed E-state index contributed by atoms with van der Waals surface area (Å²) in [6.07, 6.45) is 21.8. The quantitative estimate of drug-likeness (QED) is 0.0882. The Balaban J connectivity index is 0.699. The minimum atomic E-state index is -0.0457. The summed E-state index contributed by atoms with van der Waals surface area (Å²) in [5.74, 6) is 0.500. The van der Waals surface area contributed by atoms with E-state index in [9.17, 15) is 19.8 Å². The van der Waals surface area contributed by atoms with Crippen LogP contribution in [0.15, 0.2) is 238 Å². The molecule has 10 heterocycles. The predicted molar refractivity (Wildman–Crippen MR) is 338 cm³/mol. The molecule has 4 atom stereocenters. The van der Waals surface area contributed by atoms with Crippen molar-refractivity contribution in [3.05, 3.63) is 208 Å². The Bertz CT molecular complexity index is 3670. The first kappa shape index (κ1) is 56.0. The standard InChI is InChI=1S/C70H76N10O4/c1-13-41-33(5)49-27-53-37(9)45(67(77-53)47-25-61(81)65-39(11)55(79-69(47)65)31-59-43(15-3)35(7)51(75-59)29-57(41)73-49)19-21-63(83)71-23-17-18-24-72-64(84)22-20-46-38(10)54-28-50-34(6)42(14-2)58(74-50)30-52-36(8)44(16-4)60(76-52)32-56-40(12)66-62(82)26-48(68(46)78-54)70(66)80-56/h13-14,27-32,37-38,45-46,77-78,81-82H,1-2,15-26H2,3-12H3,(H,71,83)(H,72,84)/t37-,38-,45-,46-/m0/s1. The van der Waals surface area contributed by atoms with Gasteiger partial charge >= 0.3 is 0 Å². The molecule has 14 nitrogen and oxygen atoms in total. The number of fused-ring (bicyclic) bond motifs is 10. The molecular weight excluding hydrogens is 1040 g/mol. The molecule has 0 radical (unpaired) electrons. The molecule has 0 spiro atoms. The van der Waals surface area contributed by atoms with Crippen molar-refractivity contribution in [2.24, 2.45) is 53.6 Å². The first-order chi connectivity index (χ1) is 40.4. The second kappa shape index (κ2) is 21.9. The molecule has 2 fully saturated rings. The van der Waals surface area contributed by atoms with Gasteiger partial charge in [-0.2, -0.15) is 0 Å². The van der Waals surface area contributed by atoms with Crippen LogP contribution in [-0.2, 0) is 9.59 Å². The smallest absolute Gasteiger partial charge is 0.220 e. The number of carbonyl (C=O) groups is 2. The second-order valence-electron chi connectivity index (χ2n) is 24.0. The van der Waals surface area contributed by atoms with Crippen LogP contribution in [0, 0.1) is 23.7 Å². The summed E-state index contributed by atoms with van der Waals surface area (Å²) in [4.78, 5) is 58.3. The number of nitrogens with one attached hydrogen (secondary N) is 4. The molecule has 14 heteroatoms. The molecule has 12 aliphatic rings. The van der Waals surface area contributed by atoms with Gasteiger partial charge < -0.3 is 31.5 Å². The maximum absolute atomic E-state index is 13.7. The number of aliphatic hydroxyl groups excluding tert-OH is 2. The topological polar surface area (TPSA) is 197 Å². The normalized spacial score (nSPS) is 24.8. The molecule has 12 rings (SSSR count). The molecule has 2 amide bonds. The van der Waals surface area contributed by atoms with E-state index in [4.69, 9.17) is 30.0 Å². The molecule has 430 valence electrons. The van der Waals surface area contributed by atoms with Crippen molar-refractivity contribution >= 4 is 46.1 Å². The molecule has 16 bridgehead atoms. The molecule has 0 unspecified atom stereocenters. The van der Waals surface area contributed by atoms with Gasteiger partial charge in [0.05, 0.1) is 68.5 Å². The van der Waals surface area contributed by atoms with Crippen LogP contribution in [0.5, 0.6) is 0 Å². The Hall–Kier alpha value is -8.52. The average Bonchev–Trinajstić information content (AvgIpc) is 3.84. The van der Waals surface area contributed by atoms with Gasteiger partial charge in [-0.1, -0.05) is 53.0 Å². The van der Waals surface area contributed by atoms with Crippen molar-refractivity contribution in [3.63, 3.8) is 0 Å². The molecule has 2 saturated heterocycles. The van der Waals surface area contributed by atoms with Gasteiger partial charge in [-0.3, -0.25) is 9.59 Å². The highest BCUT2D eigenvalue weighted by atomic mass is 16.3. The highest BCUT2D eigenvalue weighted by Gasteiger charge is 2.44. The molecule has 6 N–H and O–H groups in total. The van der Waals surface area contributed by atoms with Gasteiger partial charge in [0.25, 0.3) is 0 Å². The minimum Gasteiger partial charge on any atom is -0.511 e. The first-order valence-electron chi connectivity index (χ1n) is 30.1. The molecule has 0 saturated carbocycles. The van der Waals surface area contributed by atoms with Gasteiger partial charge in [-0.05, 0) is 161 Å². The number of carbonyl (C=O) groups excluding carboxylic acids is 2. The van der Waals surface area contributed by atoms with Crippen LogP contribution in [0.1, 0.15) is 133 Å². The van der Waals surface area contributed by atoms with Crippen LogP contribution in [0.3, 0.4) is 0 Å². The zero-order valence-corrected chi connectivity index (χ0v) is 50.2. The van der Waals surface area contributed by atoms with E-state index in [0.717, 1.165) is 182 Å². The predicted octanol–water partition coefficient (Wildman–Crippen LogP) is 13.3. The monoisotopic (exact) mass is 1120 g/mol. The van der Waals surface area contributed by atoms with E-state index < -0.39 is 0 Å². The number of allylic oxidation sites excluding steroid dienone is 24. The van der Waals surface area contributed by atoms with E-state index in [1.165, 1.54) is 0 Å². The van der Waals surface area contributed by atoms with Gasteiger partial charge in [0, 0.05) is 119 Å². The number of amides is 2. The van der Waals surface area contributed by atoms with Crippen molar-refractivity contribution in [2.75, 3.05) is 13.1 Å². The van der Waals surface area contributed by atoms with Gasteiger partial charge in [-0.25, -0.2) is 30.0 Å². The van der Waals surface area contributed by atoms with Crippen LogP contribution in [0.4, 0.5) is 0 Å². The number of nitrogens with zero attached hydrogens (tertiary/aromatic N) is 6. The average molecular weight is 1120 g/mol. The highest BCUT2D eigenvalue weighted by Crippen LogP contribution is 2.49. The second-order valence-corrected chi connectivity index (χ2v) is 24.0. The van der Waals surface area contributed by atoms with E-state index in [1.807, 2.05) is 26.0 Å². The summed E-state index contributed by atoms with van der Waals surface area (Å²) in [5.41, 5.74) is 27.9. The summed E-state index contributed by atoms with van der Waals surface area (Å²) in [6, 6.07) is 0. The third-order valence-electron chi connectivity index (χ3n) is 19.2. The van der Waals surface area contributed by atoms with E-state index in [-0.39, 0.29) is 35.5 Å². The lowest BCUT2D eigenvalue weighted by Gasteiger charge is -2.18. The zero-order chi connectivity index (χ0) is 59.2. The van der Waals surface area contributed by atoms with E-state index >= 15 is 0 Å². The fraction of sp³-hybridized carbons (Fsp3) is 0.371. The lowest BCUT2D eigenvalue weighted by molar-refractivity contribution is -0.122. The lowest BCUT2D eigenvalue weighted by Crippen LogP contribution is -2.28.